The molecule has 178 valence electrons. The number of carbonyl (C=O) groups is 1. The molecule has 1 atom stereocenters. The summed E-state index contributed by atoms with van der Waals surface area (Å²) in [6.45, 7) is 13.8. The van der Waals surface area contributed by atoms with Gasteiger partial charge in [0.2, 0.25) is 0 Å². The second kappa shape index (κ2) is 7.36. The maximum Gasteiger partial charge on any atom is 0.309 e. The molecule has 0 saturated carbocycles. The third-order valence-corrected chi connectivity index (χ3v) is 13.9. The largest absolute Gasteiger partial charge is 0.460 e. The van der Waals surface area contributed by atoms with Gasteiger partial charge in [0.15, 0.2) is 0 Å². The number of aromatic nitrogens is 2. The molecule has 0 aliphatic carbocycles. The number of carbonyl (C=O) groups excluding carboxylic acids is 1. The zero-order valence-electron chi connectivity index (χ0n) is 20.8. The summed E-state index contributed by atoms with van der Waals surface area (Å²) in [6, 6.07) is 10.1. The van der Waals surface area contributed by atoms with Crippen molar-refractivity contribution >= 4 is 30.1 Å². The lowest BCUT2D eigenvalue weighted by Crippen LogP contribution is -2.51. The highest BCUT2D eigenvalue weighted by atomic mass is 28.3. The predicted octanol–water partition coefficient (Wildman–Crippen LogP) is 4.19. The zero-order valence-corrected chi connectivity index (χ0v) is 21.8. The number of nitrogens with zero attached hydrogens (tertiary/aromatic N) is 2. The van der Waals surface area contributed by atoms with Gasteiger partial charge in [-0.1, -0.05) is 59.0 Å². The average molecular weight is 477 g/mol. The van der Waals surface area contributed by atoms with Crippen molar-refractivity contribution < 1.29 is 14.6 Å². The predicted molar refractivity (Wildman–Crippen MR) is 136 cm³/mol. The summed E-state index contributed by atoms with van der Waals surface area (Å²) in [5, 5.41) is 14.0. The minimum Gasteiger partial charge on any atom is -0.460 e. The van der Waals surface area contributed by atoms with Crippen LogP contribution in [0.4, 0.5) is 0 Å². The van der Waals surface area contributed by atoms with E-state index in [1.807, 2.05) is 25.1 Å². The molecule has 0 spiro atoms. The number of rotatable bonds is 2. The van der Waals surface area contributed by atoms with E-state index in [9.17, 15) is 14.7 Å². The number of hydrogen-bond donors (Lipinski definition) is 1. The van der Waals surface area contributed by atoms with Crippen molar-refractivity contribution in [3.05, 3.63) is 57.4 Å². The Balaban J connectivity index is 1.85. The molecule has 2 aliphatic rings. The minimum atomic E-state index is -2.02. The van der Waals surface area contributed by atoms with Crippen molar-refractivity contribution in [1.29, 1.82) is 0 Å². The van der Waals surface area contributed by atoms with Crippen LogP contribution in [0.5, 0.6) is 0 Å². The fourth-order valence-electron chi connectivity index (χ4n) is 5.31. The first-order valence-corrected chi connectivity index (χ1v) is 15.0. The lowest BCUT2D eigenvalue weighted by molar-refractivity contribution is -0.149. The van der Waals surface area contributed by atoms with Gasteiger partial charge in [0.25, 0.3) is 5.56 Å². The van der Waals surface area contributed by atoms with E-state index in [-0.39, 0.29) is 23.6 Å². The van der Waals surface area contributed by atoms with Crippen molar-refractivity contribution in [2.45, 2.75) is 77.4 Å². The molecule has 0 amide bonds. The molecule has 1 aromatic carbocycles. The molecular weight excluding hydrogens is 444 g/mol. The second-order valence-corrected chi connectivity index (χ2v) is 16.5. The second-order valence-electron chi connectivity index (χ2n) is 11.2. The molecule has 0 radical (unpaired) electrons. The van der Waals surface area contributed by atoms with Crippen LogP contribution in [0.15, 0.2) is 35.1 Å². The number of benzene rings is 1. The molecular formula is C27H32N2O4Si. The molecule has 0 bridgehead atoms. The quantitative estimate of drug-likeness (QED) is 0.347. The van der Waals surface area contributed by atoms with E-state index < -0.39 is 19.6 Å². The molecule has 4 heterocycles. The highest BCUT2D eigenvalue weighted by Crippen LogP contribution is 2.42. The molecule has 2 aliphatic heterocycles. The summed E-state index contributed by atoms with van der Waals surface area (Å²) in [5.41, 5.74) is 2.77. The third-order valence-electron chi connectivity index (χ3n) is 8.35. The number of aliphatic hydroxyl groups is 1. The Morgan fingerprint density at radius 3 is 2.56 bits per heavy atom. The van der Waals surface area contributed by atoms with Crippen LogP contribution >= 0.6 is 0 Å². The van der Waals surface area contributed by atoms with Gasteiger partial charge >= 0.3 is 5.97 Å². The number of hydrogen-bond acceptors (Lipinski definition) is 5. The highest BCUT2D eigenvalue weighted by Gasteiger charge is 2.43. The molecule has 3 aromatic rings. The number of para-hydroxylation sites is 1. The summed E-state index contributed by atoms with van der Waals surface area (Å²) in [6.07, 6.45) is 0.151. The van der Waals surface area contributed by atoms with Gasteiger partial charge in [-0.3, -0.25) is 9.59 Å². The Bertz CT molecular complexity index is 1420. The molecule has 2 aromatic heterocycles. The van der Waals surface area contributed by atoms with E-state index in [2.05, 4.69) is 46.0 Å². The minimum absolute atomic E-state index is 0.0957. The van der Waals surface area contributed by atoms with Crippen molar-refractivity contribution in [3.8, 4) is 11.4 Å². The van der Waals surface area contributed by atoms with Gasteiger partial charge in [0, 0.05) is 0 Å². The van der Waals surface area contributed by atoms with E-state index >= 15 is 0 Å². The number of cyclic esters (lactones) is 1. The molecule has 0 fully saturated rings. The van der Waals surface area contributed by atoms with E-state index in [0.717, 1.165) is 22.2 Å². The van der Waals surface area contributed by atoms with E-state index in [4.69, 9.17) is 9.72 Å². The first-order valence-electron chi connectivity index (χ1n) is 12.0. The Labute approximate surface area is 200 Å². The zero-order chi connectivity index (χ0) is 24.6. The Morgan fingerprint density at radius 1 is 1.18 bits per heavy atom. The van der Waals surface area contributed by atoms with Crippen LogP contribution in [0.2, 0.25) is 18.1 Å². The van der Waals surface area contributed by atoms with Gasteiger partial charge < -0.3 is 14.4 Å². The smallest absolute Gasteiger partial charge is 0.309 e. The molecule has 6 nitrogen and oxygen atoms in total. The van der Waals surface area contributed by atoms with Crippen LogP contribution < -0.4 is 10.7 Å². The Kier molecular flexibility index (Phi) is 4.98. The number of fused-ring (bicyclic) bond motifs is 5. The normalized spacial score (nSPS) is 19.9. The molecule has 34 heavy (non-hydrogen) atoms. The van der Waals surface area contributed by atoms with Gasteiger partial charge in [-0.2, -0.15) is 0 Å². The van der Waals surface area contributed by atoms with E-state index in [1.165, 1.54) is 5.19 Å². The van der Waals surface area contributed by atoms with Gasteiger partial charge in [0.05, 0.1) is 43.5 Å². The number of ether oxygens (including phenoxy) is 1. The lowest BCUT2D eigenvalue weighted by atomic mass is 9.85. The van der Waals surface area contributed by atoms with Crippen LogP contribution in [0.3, 0.4) is 0 Å². The highest BCUT2D eigenvalue weighted by molar-refractivity contribution is 6.94. The summed E-state index contributed by atoms with van der Waals surface area (Å²) in [4.78, 5) is 31.0. The lowest BCUT2D eigenvalue weighted by Gasteiger charge is -2.39. The van der Waals surface area contributed by atoms with Crippen LogP contribution in [0.25, 0.3) is 22.3 Å². The van der Waals surface area contributed by atoms with Crippen LogP contribution in [0, 0.1) is 0 Å². The Morgan fingerprint density at radius 2 is 1.88 bits per heavy atom. The van der Waals surface area contributed by atoms with Crippen molar-refractivity contribution in [2.24, 2.45) is 0 Å². The van der Waals surface area contributed by atoms with E-state index in [0.29, 0.717) is 29.8 Å². The summed E-state index contributed by atoms with van der Waals surface area (Å²) in [5.74, 6) is -0.491. The first kappa shape index (κ1) is 23.0. The van der Waals surface area contributed by atoms with Gasteiger partial charge in [-0.25, -0.2) is 4.98 Å². The van der Waals surface area contributed by atoms with Crippen molar-refractivity contribution in [1.82, 2.24) is 9.55 Å². The monoisotopic (exact) mass is 476 g/mol. The van der Waals surface area contributed by atoms with Gasteiger partial charge in [-0.15, -0.1) is 0 Å². The molecule has 0 saturated heterocycles. The maximum absolute atomic E-state index is 13.7. The van der Waals surface area contributed by atoms with Gasteiger partial charge in [-0.05, 0) is 45.3 Å². The number of pyridine rings is 2. The molecule has 7 heteroatoms. The Hall–Kier alpha value is -2.77. The van der Waals surface area contributed by atoms with Crippen LogP contribution in [-0.4, -0.2) is 28.7 Å². The molecule has 1 N–H and O–H groups in total. The fraction of sp³-hybridized carbons (Fsp3) is 0.444. The van der Waals surface area contributed by atoms with Gasteiger partial charge in [0.1, 0.15) is 12.2 Å². The molecule has 5 rings (SSSR count). The van der Waals surface area contributed by atoms with Crippen LogP contribution in [-0.2, 0) is 28.3 Å². The van der Waals surface area contributed by atoms with Crippen molar-refractivity contribution in [2.75, 3.05) is 0 Å². The van der Waals surface area contributed by atoms with E-state index in [1.54, 1.807) is 4.57 Å². The summed E-state index contributed by atoms with van der Waals surface area (Å²) < 4.78 is 7.06. The first-order chi connectivity index (χ1) is 15.9. The summed E-state index contributed by atoms with van der Waals surface area (Å²) in [7, 11) is -2.02. The SMILES string of the molecule is CCC1(O)CC(=O)OCc2c1cc1n(c2=O)Cc2c-1nc1ccccc1c2[Si](C)(C)C(C)(C)C. The van der Waals surface area contributed by atoms with Crippen LogP contribution in [0.1, 0.15) is 57.2 Å². The number of esters is 1. The molecule has 1 unspecified atom stereocenters. The summed E-state index contributed by atoms with van der Waals surface area (Å²) >= 11 is 0. The maximum atomic E-state index is 13.7. The third kappa shape index (κ3) is 3.13. The average Bonchev–Trinajstić information content (AvgIpc) is 3.07. The van der Waals surface area contributed by atoms with Crippen molar-refractivity contribution in [3.63, 3.8) is 0 Å². The fourth-order valence-corrected chi connectivity index (χ4v) is 7.90. The topological polar surface area (TPSA) is 81.4 Å². The standard InChI is InChI=1S/C27H32N2O4Si/c1-7-27(32)13-22(30)33-15-18-19(27)12-21-23-17(14-29(21)25(18)31)24(34(5,6)26(2,3)4)16-10-8-9-11-20(16)28-23/h8-12,32H,7,13-15H2,1-6H3.